The van der Waals surface area contributed by atoms with Gasteiger partial charge in [-0.25, -0.2) is 14.5 Å². The van der Waals surface area contributed by atoms with Gasteiger partial charge in [0, 0.05) is 30.8 Å². The zero-order chi connectivity index (χ0) is 35.3. The molecule has 50 heavy (non-hydrogen) atoms. The van der Waals surface area contributed by atoms with Gasteiger partial charge in [-0.05, 0) is 58.6 Å². The predicted octanol–water partition coefficient (Wildman–Crippen LogP) is 6.46. The molecule has 3 aromatic carbocycles. The molecule has 7 rings (SSSR count). The summed E-state index contributed by atoms with van der Waals surface area (Å²) < 4.78 is 56.3. The van der Waals surface area contributed by atoms with Crippen LogP contribution in [-0.4, -0.2) is 54.7 Å². The smallest absolute Gasteiger partial charge is 0.443 e. The third-order valence-corrected chi connectivity index (χ3v) is 14.9. The summed E-state index contributed by atoms with van der Waals surface area (Å²) in [6, 6.07) is 28.6. The Morgan fingerprint density at radius 1 is 0.920 bits per heavy atom. The zero-order valence-corrected chi connectivity index (χ0v) is 29.0. The maximum absolute atomic E-state index is 12.7. The highest BCUT2D eigenvalue weighted by molar-refractivity contribution is 6.99. The van der Waals surface area contributed by atoms with E-state index >= 15 is 0 Å². The number of pyridine rings is 1. The summed E-state index contributed by atoms with van der Waals surface area (Å²) >= 11 is 0. The van der Waals surface area contributed by atoms with Crippen LogP contribution in [0.1, 0.15) is 39.3 Å². The van der Waals surface area contributed by atoms with Crippen LogP contribution in [0.3, 0.4) is 0 Å². The van der Waals surface area contributed by atoms with Crippen LogP contribution in [0.2, 0.25) is 5.04 Å². The lowest BCUT2D eigenvalue weighted by Crippen LogP contribution is -2.71. The van der Waals surface area contributed by atoms with Crippen LogP contribution in [0.5, 0.6) is 5.75 Å². The van der Waals surface area contributed by atoms with Gasteiger partial charge in [-0.1, -0.05) is 81.4 Å². The van der Waals surface area contributed by atoms with Crippen LogP contribution in [0.4, 0.5) is 23.7 Å². The Labute approximate surface area is 288 Å². The molecular weight excluding hydrogens is 664 g/mol. The van der Waals surface area contributed by atoms with Gasteiger partial charge in [0.1, 0.15) is 18.1 Å². The van der Waals surface area contributed by atoms with E-state index in [9.17, 15) is 18.0 Å². The Morgan fingerprint density at radius 3 is 2.06 bits per heavy atom. The Balaban J connectivity index is 1.14. The average molecular weight is 702 g/mol. The number of amides is 1. The largest absolute Gasteiger partial charge is 0.573 e. The second-order valence-corrected chi connectivity index (χ2v) is 18.5. The highest BCUT2D eigenvalue weighted by Gasteiger charge is 2.58. The molecule has 2 N–H and O–H groups in total. The van der Waals surface area contributed by atoms with Gasteiger partial charge in [-0.15, -0.1) is 13.2 Å². The van der Waals surface area contributed by atoms with Crippen LogP contribution >= 0.6 is 0 Å². The van der Waals surface area contributed by atoms with Crippen molar-refractivity contribution in [3.05, 3.63) is 103 Å². The third-order valence-electron chi connectivity index (χ3n) is 9.76. The monoisotopic (exact) mass is 701 g/mol. The molecule has 3 heterocycles. The van der Waals surface area contributed by atoms with E-state index in [1.807, 2.05) is 18.2 Å². The first-order valence-electron chi connectivity index (χ1n) is 16.5. The minimum atomic E-state index is -4.81. The highest BCUT2D eigenvalue weighted by atomic mass is 28.4. The molecular formula is C37H38F3N5O4Si. The lowest BCUT2D eigenvalue weighted by molar-refractivity contribution is -0.274. The quantitative estimate of drug-likeness (QED) is 0.176. The molecule has 0 atom stereocenters. The standard InChI is InChI=1S/C37H38F3N5O4Si/c1-35(2,3)50(28-10-6-4-7-11-28,29-12-8-5-9-13-29)49-27-20-36(21-27)23-44(24-36)31-18-19-42-33-32(31)30(22-47-34(41)46)43-45(33)25-14-16-26(17-15-25)48-37(38,39)40/h4-19,27H,20-24H2,1-3H3,(H2,41,46). The molecule has 1 saturated heterocycles. The molecule has 1 aliphatic heterocycles. The molecule has 2 fully saturated rings. The SMILES string of the molecule is CC(C)(C)[Si](OC1CC2(C1)CN(c1ccnc3c1c(COC(N)=O)nn3-c1ccc(OC(F)(F)F)cc1)C2)(c1ccccc1)c1ccccc1. The number of anilines is 1. The number of alkyl halides is 3. The summed E-state index contributed by atoms with van der Waals surface area (Å²) in [5.41, 5.74) is 7.62. The number of hydrogen-bond donors (Lipinski definition) is 1. The molecule has 1 saturated carbocycles. The maximum Gasteiger partial charge on any atom is 0.573 e. The van der Waals surface area contributed by atoms with Gasteiger partial charge >= 0.3 is 12.5 Å². The molecule has 13 heteroatoms. The maximum atomic E-state index is 12.7. The number of nitrogens with zero attached hydrogens (tertiary/aromatic N) is 4. The van der Waals surface area contributed by atoms with Gasteiger partial charge in [-0.3, -0.25) is 0 Å². The summed E-state index contributed by atoms with van der Waals surface area (Å²) in [4.78, 5) is 18.4. The van der Waals surface area contributed by atoms with Crippen LogP contribution in [0.25, 0.3) is 16.7 Å². The van der Waals surface area contributed by atoms with Gasteiger partial charge in [0.2, 0.25) is 0 Å². The van der Waals surface area contributed by atoms with Gasteiger partial charge in [0.25, 0.3) is 8.32 Å². The number of primary amides is 1. The molecule has 0 unspecified atom stereocenters. The Kier molecular flexibility index (Phi) is 8.38. The van der Waals surface area contributed by atoms with Gasteiger partial charge < -0.3 is 24.5 Å². The molecule has 0 bridgehead atoms. The first-order valence-corrected chi connectivity index (χ1v) is 18.4. The number of halogens is 3. The van der Waals surface area contributed by atoms with Crippen molar-refractivity contribution < 1.29 is 31.9 Å². The number of nitrogens with two attached hydrogens (primary N) is 1. The van der Waals surface area contributed by atoms with Gasteiger partial charge in [0.15, 0.2) is 5.65 Å². The van der Waals surface area contributed by atoms with E-state index in [1.165, 1.54) is 39.3 Å². The minimum Gasteiger partial charge on any atom is -0.443 e. The molecule has 1 aliphatic carbocycles. The summed E-state index contributed by atoms with van der Waals surface area (Å²) in [6.45, 7) is 8.28. The first-order chi connectivity index (χ1) is 23.8. The van der Waals surface area contributed by atoms with Gasteiger partial charge in [-0.2, -0.15) is 5.10 Å². The molecule has 2 aromatic heterocycles. The number of aromatic nitrogens is 3. The molecule has 260 valence electrons. The van der Waals surface area contributed by atoms with E-state index in [1.54, 1.807) is 6.20 Å². The zero-order valence-electron chi connectivity index (χ0n) is 28.0. The van der Waals surface area contributed by atoms with Gasteiger partial charge in [0.05, 0.1) is 16.8 Å². The van der Waals surface area contributed by atoms with E-state index < -0.39 is 20.8 Å². The number of rotatable bonds is 9. The Bertz CT molecular complexity index is 1950. The lowest BCUT2D eigenvalue weighted by atomic mass is 9.61. The third kappa shape index (κ3) is 6.19. The Hall–Kier alpha value is -4.88. The number of carbonyl (C=O) groups excluding carboxylic acids is 1. The van der Waals surface area contributed by atoms with Crippen molar-refractivity contribution in [3.8, 4) is 11.4 Å². The fourth-order valence-corrected chi connectivity index (χ4v) is 12.4. The fourth-order valence-electron chi connectivity index (χ4n) is 7.69. The summed E-state index contributed by atoms with van der Waals surface area (Å²) in [5, 5.41) is 7.75. The number of hydrogen-bond acceptors (Lipinski definition) is 7. The summed E-state index contributed by atoms with van der Waals surface area (Å²) in [7, 11) is -2.67. The first kappa shape index (κ1) is 33.6. The number of fused-ring (bicyclic) bond motifs is 1. The van der Waals surface area contributed by atoms with E-state index in [4.69, 9.17) is 14.9 Å². The second-order valence-electron chi connectivity index (χ2n) is 14.2. The van der Waals surface area contributed by atoms with Crippen molar-refractivity contribution in [1.29, 1.82) is 0 Å². The molecule has 5 aromatic rings. The van der Waals surface area contributed by atoms with Crippen molar-refractivity contribution >= 4 is 41.5 Å². The van der Waals surface area contributed by atoms with Crippen molar-refractivity contribution in [2.24, 2.45) is 11.1 Å². The van der Waals surface area contributed by atoms with E-state index in [0.717, 1.165) is 31.6 Å². The van der Waals surface area contributed by atoms with Crippen molar-refractivity contribution in [2.75, 3.05) is 18.0 Å². The van der Waals surface area contributed by atoms with Crippen LogP contribution in [-0.2, 0) is 15.8 Å². The van der Waals surface area contributed by atoms with Crippen molar-refractivity contribution in [3.63, 3.8) is 0 Å². The normalized spacial score (nSPS) is 16.2. The van der Waals surface area contributed by atoms with Crippen molar-refractivity contribution in [2.45, 2.75) is 57.7 Å². The molecule has 1 spiro atoms. The molecule has 1 amide bonds. The predicted molar refractivity (Wildman–Crippen MR) is 186 cm³/mol. The Morgan fingerprint density at radius 2 is 1.52 bits per heavy atom. The number of ether oxygens (including phenoxy) is 2. The van der Waals surface area contributed by atoms with Crippen molar-refractivity contribution in [1.82, 2.24) is 14.8 Å². The highest BCUT2D eigenvalue weighted by Crippen LogP contribution is 2.53. The van der Waals surface area contributed by atoms with E-state index in [2.05, 4.69) is 89.0 Å². The van der Waals surface area contributed by atoms with Crippen LogP contribution in [0.15, 0.2) is 97.2 Å². The molecule has 9 nitrogen and oxygen atoms in total. The summed E-state index contributed by atoms with van der Waals surface area (Å²) in [6.07, 6.45) is -2.09. The molecule has 2 aliphatic rings. The average Bonchev–Trinajstić information content (AvgIpc) is 3.41. The fraction of sp³-hybridized carbons (Fsp3) is 0.324. The minimum absolute atomic E-state index is 0.0971. The number of benzene rings is 3. The molecule has 0 radical (unpaired) electrons. The van der Waals surface area contributed by atoms with E-state index in [0.29, 0.717) is 22.4 Å². The summed E-state index contributed by atoms with van der Waals surface area (Å²) in [5.74, 6) is -0.354. The van der Waals surface area contributed by atoms with Crippen LogP contribution in [0, 0.1) is 5.41 Å². The van der Waals surface area contributed by atoms with E-state index in [-0.39, 0.29) is 28.9 Å². The second kappa shape index (κ2) is 12.5. The van der Waals surface area contributed by atoms with Crippen LogP contribution < -0.4 is 25.7 Å². The topological polar surface area (TPSA) is 105 Å². The number of carbonyl (C=O) groups is 1. The lowest BCUT2D eigenvalue weighted by Gasteiger charge is -2.61.